The highest BCUT2D eigenvalue weighted by atomic mass is 16.5. The van der Waals surface area contributed by atoms with Gasteiger partial charge in [0.2, 0.25) is 5.91 Å². The fourth-order valence-corrected chi connectivity index (χ4v) is 2.36. The van der Waals surface area contributed by atoms with E-state index >= 15 is 0 Å². The minimum absolute atomic E-state index is 0.127. The molecule has 0 aliphatic heterocycles. The molecule has 0 atom stereocenters. The summed E-state index contributed by atoms with van der Waals surface area (Å²) in [4.78, 5) is 23.8. The van der Waals surface area contributed by atoms with Crippen LogP contribution in [0.5, 0.6) is 5.75 Å². The van der Waals surface area contributed by atoms with Crippen LogP contribution in [-0.4, -0.2) is 23.6 Å². The smallest absolute Gasteiger partial charge is 0.310 e. The summed E-state index contributed by atoms with van der Waals surface area (Å²) in [6, 6.07) is 6.73. The Labute approximate surface area is 136 Å². The average Bonchev–Trinajstić information content (AvgIpc) is 2.54. The standard InChI is InChI=1S/C17H22N2O4/c1-4-17(5-2,16(21)22)10-15(20)19-13-9-12(11-18)7-8-14(13)23-6-3/h7-9H,4-6,10H2,1-3H3,(H,19,20)(H,21,22). The van der Waals surface area contributed by atoms with E-state index < -0.39 is 17.3 Å². The van der Waals surface area contributed by atoms with Gasteiger partial charge in [-0.2, -0.15) is 5.26 Å². The van der Waals surface area contributed by atoms with Gasteiger partial charge in [-0.3, -0.25) is 9.59 Å². The van der Waals surface area contributed by atoms with Crippen molar-refractivity contribution in [3.8, 4) is 11.8 Å². The number of anilines is 1. The van der Waals surface area contributed by atoms with E-state index in [-0.39, 0.29) is 6.42 Å². The summed E-state index contributed by atoms with van der Waals surface area (Å²) in [6.45, 7) is 5.74. The van der Waals surface area contributed by atoms with E-state index in [2.05, 4.69) is 5.32 Å². The highest BCUT2D eigenvalue weighted by Crippen LogP contribution is 2.32. The maximum atomic E-state index is 12.3. The van der Waals surface area contributed by atoms with Crippen LogP contribution in [0.25, 0.3) is 0 Å². The average molecular weight is 318 g/mol. The second-order valence-corrected chi connectivity index (χ2v) is 5.27. The van der Waals surface area contributed by atoms with Crippen LogP contribution in [0.4, 0.5) is 5.69 Å². The molecule has 0 aliphatic rings. The zero-order chi connectivity index (χ0) is 17.5. The summed E-state index contributed by atoms with van der Waals surface area (Å²) in [5, 5.41) is 21.1. The van der Waals surface area contributed by atoms with E-state index in [9.17, 15) is 14.7 Å². The number of nitriles is 1. The van der Waals surface area contributed by atoms with Crippen LogP contribution in [0.3, 0.4) is 0 Å². The molecule has 1 aromatic carbocycles. The molecule has 0 bridgehead atoms. The number of nitrogens with zero attached hydrogens (tertiary/aromatic N) is 1. The zero-order valence-electron chi connectivity index (χ0n) is 13.7. The summed E-state index contributed by atoms with van der Waals surface area (Å²) in [5.74, 6) is -0.936. The van der Waals surface area contributed by atoms with Crippen molar-refractivity contribution in [2.75, 3.05) is 11.9 Å². The molecule has 1 amide bonds. The summed E-state index contributed by atoms with van der Waals surface area (Å²) in [5.41, 5.74) is -0.315. The quantitative estimate of drug-likeness (QED) is 0.767. The maximum Gasteiger partial charge on any atom is 0.310 e. The van der Waals surface area contributed by atoms with Crippen molar-refractivity contribution in [1.82, 2.24) is 0 Å². The fourth-order valence-electron chi connectivity index (χ4n) is 2.36. The molecular formula is C17H22N2O4. The van der Waals surface area contributed by atoms with Gasteiger partial charge in [0.15, 0.2) is 0 Å². The normalized spacial score (nSPS) is 10.7. The molecule has 124 valence electrons. The minimum atomic E-state index is -1.08. The van der Waals surface area contributed by atoms with E-state index in [1.165, 1.54) is 6.07 Å². The number of amides is 1. The predicted molar refractivity (Wildman–Crippen MR) is 86.2 cm³/mol. The van der Waals surface area contributed by atoms with Crippen molar-refractivity contribution in [3.63, 3.8) is 0 Å². The Morgan fingerprint density at radius 2 is 1.96 bits per heavy atom. The number of nitrogens with one attached hydrogen (secondary N) is 1. The van der Waals surface area contributed by atoms with E-state index in [0.29, 0.717) is 36.4 Å². The van der Waals surface area contributed by atoms with Crippen LogP contribution in [0.1, 0.15) is 45.6 Å². The fraction of sp³-hybridized carbons (Fsp3) is 0.471. The Morgan fingerprint density at radius 3 is 2.43 bits per heavy atom. The van der Waals surface area contributed by atoms with Crippen molar-refractivity contribution in [2.24, 2.45) is 5.41 Å². The van der Waals surface area contributed by atoms with Gasteiger partial charge in [0.05, 0.1) is 29.3 Å². The first kappa shape index (κ1) is 18.5. The Kier molecular flexibility index (Phi) is 6.58. The number of carboxylic acid groups (broad SMARTS) is 1. The first-order valence-electron chi connectivity index (χ1n) is 7.62. The number of rotatable bonds is 8. The van der Waals surface area contributed by atoms with Gasteiger partial charge >= 0.3 is 5.97 Å². The molecule has 2 N–H and O–H groups in total. The third-order valence-electron chi connectivity index (χ3n) is 3.99. The molecule has 0 fully saturated rings. The third-order valence-corrected chi connectivity index (χ3v) is 3.99. The molecule has 6 nitrogen and oxygen atoms in total. The van der Waals surface area contributed by atoms with Crippen LogP contribution >= 0.6 is 0 Å². The predicted octanol–water partition coefficient (Wildman–Crippen LogP) is 3.18. The minimum Gasteiger partial charge on any atom is -0.492 e. The number of carbonyl (C=O) groups is 2. The van der Waals surface area contributed by atoms with Gasteiger partial charge < -0.3 is 15.2 Å². The third kappa shape index (κ3) is 4.46. The van der Waals surface area contributed by atoms with E-state index in [1.54, 1.807) is 26.0 Å². The number of aliphatic carboxylic acids is 1. The molecule has 0 unspecified atom stereocenters. The number of benzene rings is 1. The largest absolute Gasteiger partial charge is 0.492 e. The van der Waals surface area contributed by atoms with Crippen molar-refractivity contribution in [3.05, 3.63) is 23.8 Å². The molecule has 1 rings (SSSR count). The molecule has 0 aliphatic carbocycles. The maximum absolute atomic E-state index is 12.3. The Morgan fingerprint density at radius 1 is 1.30 bits per heavy atom. The van der Waals surface area contributed by atoms with Gasteiger partial charge in [0.25, 0.3) is 0 Å². The van der Waals surface area contributed by atoms with Gasteiger partial charge in [-0.1, -0.05) is 13.8 Å². The lowest BCUT2D eigenvalue weighted by Gasteiger charge is -2.26. The number of carbonyl (C=O) groups excluding carboxylic acids is 1. The van der Waals surface area contributed by atoms with Crippen molar-refractivity contribution >= 4 is 17.6 Å². The van der Waals surface area contributed by atoms with E-state index in [0.717, 1.165) is 0 Å². The highest BCUT2D eigenvalue weighted by Gasteiger charge is 2.37. The molecule has 6 heteroatoms. The van der Waals surface area contributed by atoms with Crippen LogP contribution < -0.4 is 10.1 Å². The lowest BCUT2D eigenvalue weighted by molar-refractivity contribution is -0.151. The lowest BCUT2D eigenvalue weighted by Crippen LogP contribution is -2.34. The second-order valence-electron chi connectivity index (χ2n) is 5.27. The van der Waals surface area contributed by atoms with Crippen LogP contribution in [0.2, 0.25) is 0 Å². The van der Waals surface area contributed by atoms with Crippen LogP contribution in [0.15, 0.2) is 18.2 Å². The van der Waals surface area contributed by atoms with Gasteiger partial charge in [0.1, 0.15) is 5.75 Å². The Balaban J connectivity index is 3.00. The van der Waals surface area contributed by atoms with Crippen molar-refractivity contribution in [1.29, 1.82) is 5.26 Å². The summed E-state index contributed by atoms with van der Waals surface area (Å²) in [6.07, 6.45) is 0.600. The van der Waals surface area contributed by atoms with Gasteiger partial charge in [-0.05, 0) is 38.0 Å². The SMILES string of the molecule is CCOc1ccc(C#N)cc1NC(=O)CC(CC)(CC)C(=O)O. The molecule has 0 radical (unpaired) electrons. The first-order chi connectivity index (χ1) is 10.9. The molecule has 0 spiro atoms. The summed E-state index contributed by atoms with van der Waals surface area (Å²) < 4.78 is 5.43. The molecule has 0 heterocycles. The Hall–Kier alpha value is -2.55. The monoisotopic (exact) mass is 318 g/mol. The van der Waals surface area contributed by atoms with Crippen molar-refractivity contribution < 1.29 is 19.4 Å². The number of hydrogen-bond acceptors (Lipinski definition) is 4. The second kappa shape index (κ2) is 8.18. The Bertz CT molecular complexity index is 616. The lowest BCUT2D eigenvalue weighted by atomic mass is 9.79. The number of ether oxygens (including phenoxy) is 1. The van der Waals surface area contributed by atoms with E-state index in [4.69, 9.17) is 10.00 Å². The summed E-state index contributed by atoms with van der Waals surface area (Å²) in [7, 11) is 0. The zero-order valence-corrected chi connectivity index (χ0v) is 13.7. The molecule has 0 saturated heterocycles. The number of carboxylic acids is 1. The van der Waals surface area contributed by atoms with Gasteiger partial charge in [0, 0.05) is 6.42 Å². The highest BCUT2D eigenvalue weighted by molar-refractivity contribution is 5.95. The number of hydrogen-bond donors (Lipinski definition) is 2. The molecule has 1 aromatic rings. The van der Waals surface area contributed by atoms with E-state index in [1.807, 2.05) is 13.0 Å². The first-order valence-corrected chi connectivity index (χ1v) is 7.62. The topological polar surface area (TPSA) is 99.4 Å². The molecule has 23 heavy (non-hydrogen) atoms. The molecular weight excluding hydrogens is 296 g/mol. The van der Waals surface area contributed by atoms with Crippen LogP contribution in [0, 0.1) is 16.7 Å². The molecule has 0 aromatic heterocycles. The van der Waals surface area contributed by atoms with Gasteiger partial charge in [-0.25, -0.2) is 0 Å². The molecule has 0 saturated carbocycles. The van der Waals surface area contributed by atoms with Crippen molar-refractivity contribution in [2.45, 2.75) is 40.0 Å². The van der Waals surface area contributed by atoms with Crippen LogP contribution in [-0.2, 0) is 9.59 Å². The van der Waals surface area contributed by atoms with Gasteiger partial charge in [-0.15, -0.1) is 0 Å². The summed E-state index contributed by atoms with van der Waals surface area (Å²) >= 11 is 0.